The van der Waals surface area contributed by atoms with Crippen LogP contribution >= 0.6 is 0 Å². The predicted octanol–water partition coefficient (Wildman–Crippen LogP) is 2.02. The Labute approximate surface area is 128 Å². The van der Waals surface area contributed by atoms with Crippen LogP contribution in [-0.2, 0) is 16.1 Å². The van der Waals surface area contributed by atoms with Crippen LogP contribution in [0.1, 0.15) is 24.7 Å². The lowest BCUT2D eigenvalue weighted by molar-refractivity contribution is 0.0491. The molecule has 22 heavy (non-hydrogen) atoms. The quantitative estimate of drug-likeness (QED) is 0.942. The highest BCUT2D eigenvalue weighted by Crippen LogP contribution is 2.26. The van der Waals surface area contributed by atoms with E-state index in [9.17, 15) is 4.39 Å². The minimum Gasteiger partial charge on any atom is -0.381 e. The molecule has 1 aromatic carbocycles. The summed E-state index contributed by atoms with van der Waals surface area (Å²) in [6.45, 7) is 3.64. The number of nitrogens with zero attached hydrogens (tertiary/aromatic N) is 2. The fourth-order valence-electron chi connectivity index (χ4n) is 3.35. The number of benzene rings is 1. The predicted molar refractivity (Wildman–Crippen MR) is 80.2 cm³/mol. The summed E-state index contributed by atoms with van der Waals surface area (Å²) in [5.74, 6) is 0.631. The monoisotopic (exact) mass is 305 g/mol. The number of rotatable bonds is 3. The SMILES string of the molecule is Fc1ccc2c(c1)nc1n2C(CNC2CCOCC2)COC1. The lowest BCUT2D eigenvalue weighted by Gasteiger charge is -2.30. The number of nitrogens with one attached hydrogen (secondary N) is 1. The number of fused-ring (bicyclic) bond motifs is 3. The van der Waals surface area contributed by atoms with Crippen molar-refractivity contribution in [3.8, 4) is 0 Å². The summed E-state index contributed by atoms with van der Waals surface area (Å²) in [6.07, 6.45) is 2.10. The summed E-state index contributed by atoms with van der Waals surface area (Å²) >= 11 is 0. The van der Waals surface area contributed by atoms with Crippen LogP contribution in [0.15, 0.2) is 18.2 Å². The fraction of sp³-hybridized carbons (Fsp3) is 0.562. The molecule has 118 valence electrons. The van der Waals surface area contributed by atoms with Crippen LogP contribution in [0, 0.1) is 5.82 Å². The van der Waals surface area contributed by atoms with Gasteiger partial charge in [-0.05, 0) is 25.0 Å². The second-order valence-electron chi connectivity index (χ2n) is 5.99. The van der Waals surface area contributed by atoms with E-state index in [0.717, 1.165) is 43.9 Å². The van der Waals surface area contributed by atoms with Gasteiger partial charge in [-0.15, -0.1) is 0 Å². The molecular weight excluding hydrogens is 285 g/mol. The Kier molecular flexibility index (Phi) is 3.82. The van der Waals surface area contributed by atoms with E-state index in [4.69, 9.17) is 9.47 Å². The molecule has 0 bridgehead atoms. The Hall–Kier alpha value is -1.50. The Morgan fingerprint density at radius 1 is 1.27 bits per heavy atom. The van der Waals surface area contributed by atoms with Crippen LogP contribution in [0.5, 0.6) is 0 Å². The zero-order valence-corrected chi connectivity index (χ0v) is 12.4. The maximum atomic E-state index is 13.4. The first kappa shape index (κ1) is 14.1. The third kappa shape index (κ3) is 2.62. The number of ether oxygens (including phenoxy) is 2. The van der Waals surface area contributed by atoms with Crippen molar-refractivity contribution in [2.45, 2.75) is 31.5 Å². The van der Waals surface area contributed by atoms with Crippen LogP contribution in [-0.4, -0.2) is 42.0 Å². The van der Waals surface area contributed by atoms with E-state index in [1.165, 1.54) is 12.1 Å². The highest BCUT2D eigenvalue weighted by atomic mass is 19.1. The number of hydrogen-bond acceptors (Lipinski definition) is 4. The second-order valence-corrected chi connectivity index (χ2v) is 5.99. The van der Waals surface area contributed by atoms with Crippen LogP contribution in [0.2, 0.25) is 0 Å². The van der Waals surface area contributed by atoms with Gasteiger partial charge >= 0.3 is 0 Å². The van der Waals surface area contributed by atoms with Crippen molar-refractivity contribution in [2.75, 3.05) is 26.4 Å². The molecule has 3 heterocycles. The van der Waals surface area contributed by atoms with Gasteiger partial charge in [0.2, 0.25) is 0 Å². The summed E-state index contributed by atoms with van der Waals surface area (Å²) in [5, 5.41) is 3.62. The first-order valence-corrected chi connectivity index (χ1v) is 7.86. The van der Waals surface area contributed by atoms with E-state index in [2.05, 4.69) is 14.9 Å². The molecular formula is C16H20FN3O2. The molecule has 0 aliphatic carbocycles. The van der Waals surface area contributed by atoms with Crippen molar-refractivity contribution < 1.29 is 13.9 Å². The van der Waals surface area contributed by atoms with E-state index in [0.29, 0.717) is 24.8 Å². The largest absolute Gasteiger partial charge is 0.381 e. The number of hydrogen-bond donors (Lipinski definition) is 1. The topological polar surface area (TPSA) is 48.3 Å². The molecule has 5 nitrogen and oxygen atoms in total. The van der Waals surface area contributed by atoms with Crippen LogP contribution in [0.4, 0.5) is 4.39 Å². The molecule has 1 aromatic heterocycles. The van der Waals surface area contributed by atoms with E-state index < -0.39 is 0 Å². The molecule has 2 aliphatic heterocycles. The zero-order chi connectivity index (χ0) is 14.9. The van der Waals surface area contributed by atoms with Crippen molar-refractivity contribution in [1.82, 2.24) is 14.9 Å². The molecule has 0 amide bonds. The molecule has 0 radical (unpaired) electrons. The van der Waals surface area contributed by atoms with Crippen molar-refractivity contribution in [3.63, 3.8) is 0 Å². The normalized spacial score (nSPS) is 22.9. The van der Waals surface area contributed by atoms with E-state index in [1.54, 1.807) is 0 Å². The molecule has 2 aliphatic rings. The number of halogens is 1. The van der Waals surface area contributed by atoms with Gasteiger partial charge in [0, 0.05) is 31.9 Å². The van der Waals surface area contributed by atoms with Gasteiger partial charge in [-0.1, -0.05) is 0 Å². The Morgan fingerprint density at radius 3 is 3.00 bits per heavy atom. The molecule has 1 fully saturated rings. The fourth-order valence-corrected chi connectivity index (χ4v) is 3.35. The lowest BCUT2D eigenvalue weighted by Crippen LogP contribution is -2.40. The molecule has 2 aromatic rings. The first-order chi connectivity index (χ1) is 10.8. The molecule has 6 heteroatoms. The molecule has 1 unspecified atom stereocenters. The van der Waals surface area contributed by atoms with Gasteiger partial charge in [0.15, 0.2) is 0 Å². The first-order valence-electron chi connectivity index (χ1n) is 7.86. The van der Waals surface area contributed by atoms with Crippen molar-refractivity contribution >= 4 is 11.0 Å². The third-order valence-corrected chi connectivity index (χ3v) is 4.49. The number of aromatic nitrogens is 2. The molecule has 1 saturated heterocycles. The standard InChI is InChI=1S/C16H20FN3O2/c17-11-1-2-15-14(7-11)19-16-10-22-9-13(20(15)16)8-18-12-3-5-21-6-4-12/h1-2,7,12-13,18H,3-6,8-10H2. The smallest absolute Gasteiger partial charge is 0.136 e. The van der Waals surface area contributed by atoms with Gasteiger partial charge in [0.1, 0.15) is 18.2 Å². The summed E-state index contributed by atoms with van der Waals surface area (Å²) in [7, 11) is 0. The van der Waals surface area contributed by atoms with E-state index in [-0.39, 0.29) is 11.9 Å². The minimum atomic E-state index is -0.249. The summed E-state index contributed by atoms with van der Waals surface area (Å²) in [5.41, 5.74) is 1.69. The maximum absolute atomic E-state index is 13.4. The average Bonchev–Trinajstić information content (AvgIpc) is 2.91. The van der Waals surface area contributed by atoms with Gasteiger partial charge in [-0.3, -0.25) is 0 Å². The van der Waals surface area contributed by atoms with Crippen molar-refractivity contribution in [3.05, 3.63) is 29.8 Å². The summed E-state index contributed by atoms with van der Waals surface area (Å²) in [6, 6.07) is 5.50. The minimum absolute atomic E-state index is 0.196. The third-order valence-electron chi connectivity index (χ3n) is 4.49. The molecule has 4 rings (SSSR count). The van der Waals surface area contributed by atoms with E-state index in [1.807, 2.05) is 6.07 Å². The Balaban J connectivity index is 1.56. The maximum Gasteiger partial charge on any atom is 0.136 e. The summed E-state index contributed by atoms with van der Waals surface area (Å²) < 4.78 is 26.6. The van der Waals surface area contributed by atoms with Gasteiger partial charge < -0.3 is 19.4 Å². The van der Waals surface area contributed by atoms with Gasteiger partial charge in [0.25, 0.3) is 0 Å². The second kappa shape index (κ2) is 5.95. The highest BCUT2D eigenvalue weighted by molar-refractivity contribution is 5.76. The molecule has 0 saturated carbocycles. The average molecular weight is 305 g/mol. The highest BCUT2D eigenvalue weighted by Gasteiger charge is 2.25. The number of imidazole rings is 1. The Morgan fingerprint density at radius 2 is 2.14 bits per heavy atom. The summed E-state index contributed by atoms with van der Waals surface area (Å²) in [4.78, 5) is 4.51. The van der Waals surface area contributed by atoms with E-state index >= 15 is 0 Å². The van der Waals surface area contributed by atoms with Crippen LogP contribution < -0.4 is 5.32 Å². The zero-order valence-electron chi connectivity index (χ0n) is 12.4. The Bertz CT molecular complexity index is 667. The van der Waals surface area contributed by atoms with Gasteiger partial charge in [0.05, 0.1) is 23.7 Å². The van der Waals surface area contributed by atoms with Crippen molar-refractivity contribution in [2.24, 2.45) is 0 Å². The van der Waals surface area contributed by atoms with Crippen molar-refractivity contribution in [1.29, 1.82) is 0 Å². The molecule has 1 N–H and O–H groups in total. The van der Waals surface area contributed by atoms with Crippen LogP contribution in [0.25, 0.3) is 11.0 Å². The van der Waals surface area contributed by atoms with Gasteiger partial charge in [-0.25, -0.2) is 9.37 Å². The molecule has 0 spiro atoms. The lowest BCUT2D eigenvalue weighted by atomic mass is 10.1. The molecule has 1 atom stereocenters. The van der Waals surface area contributed by atoms with Crippen LogP contribution in [0.3, 0.4) is 0 Å². The van der Waals surface area contributed by atoms with Gasteiger partial charge in [-0.2, -0.15) is 0 Å².